The zero-order valence-electron chi connectivity index (χ0n) is 7.14. The molecular formula is C8H17OS+. The summed E-state index contributed by atoms with van der Waals surface area (Å²) in [6, 6.07) is 0. The van der Waals surface area contributed by atoms with Crippen LogP contribution in [0.3, 0.4) is 0 Å². The van der Waals surface area contributed by atoms with Crippen LogP contribution >= 0.6 is 0 Å². The summed E-state index contributed by atoms with van der Waals surface area (Å²) in [5, 5.41) is 0. The smallest absolute Gasteiger partial charge is 0.0654 e. The SMILES string of the molecule is CCCC(C)(C)CC[S+]=O. The average Bonchev–Trinajstić information content (AvgIpc) is 1.84. The van der Waals surface area contributed by atoms with Gasteiger partial charge >= 0.3 is 11.7 Å². The Morgan fingerprint density at radius 2 is 1.90 bits per heavy atom. The fraction of sp³-hybridized carbons (Fsp3) is 1.00. The molecule has 0 bridgehead atoms. The molecule has 0 amide bonds. The first-order chi connectivity index (χ1) is 4.62. The molecule has 0 aromatic carbocycles. The Labute approximate surface area is 67.7 Å². The van der Waals surface area contributed by atoms with Gasteiger partial charge in [-0.05, 0) is 11.8 Å². The molecule has 10 heavy (non-hydrogen) atoms. The first kappa shape index (κ1) is 10.0. The van der Waals surface area contributed by atoms with Crippen molar-refractivity contribution in [1.29, 1.82) is 0 Å². The molecule has 0 aromatic rings. The van der Waals surface area contributed by atoms with Crippen LogP contribution < -0.4 is 0 Å². The van der Waals surface area contributed by atoms with Gasteiger partial charge in [-0.3, -0.25) is 0 Å². The molecule has 0 aliphatic heterocycles. The Kier molecular flexibility index (Phi) is 4.79. The lowest BCUT2D eigenvalue weighted by Gasteiger charge is -2.19. The third-order valence-electron chi connectivity index (χ3n) is 1.79. The van der Waals surface area contributed by atoms with Crippen molar-refractivity contribution in [2.75, 3.05) is 5.75 Å². The van der Waals surface area contributed by atoms with E-state index < -0.39 is 0 Å². The molecule has 0 rings (SSSR count). The Balaban J connectivity index is 3.51. The summed E-state index contributed by atoms with van der Waals surface area (Å²) >= 11 is 0.704. The highest BCUT2D eigenvalue weighted by Gasteiger charge is 2.19. The quantitative estimate of drug-likeness (QED) is 0.566. The lowest BCUT2D eigenvalue weighted by Crippen LogP contribution is -2.12. The second kappa shape index (κ2) is 4.78. The van der Waals surface area contributed by atoms with Gasteiger partial charge in [0.25, 0.3) is 0 Å². The van der Waals surface area contributed by atoms with Gasteiger partial charge in [0.05, 0.1) is 0 Å². The van der Waals surface area contributed by atoms with E-state index in [0.29, 0.717) is 17.1 Å². The van der Waals surface area contributed by atoms with Crippen molar-refractivity contribution in [3.05, 3.63) is 0 Å². The van der Waals surface area contributed by atoms with Crippen molar-refractivity contribution in [2.24, 2.45) is 5.41 Å². The Morgan fingerprint density at radius 1 is 1.30 bits per heavy atom. The number of hydrogen-bond acceptors (Lipinski definition) is 1. The Morgan fingerprint density at radius 3 is 2.30 bits per heavy atom. The van der Waals surface area contributed by atoms with Crippen molar-refractivity contribution < 1.29 is 4.21 Å². The summed E-state index contributed by atoms with van der Waals surface area (Å²) in [4.78, 5) is 0. The molecule has 0 atom stereocenters. The Hall–Kier alpha value is 0.0200. The second-order valence-electron chi connectivity index (χ2n) is 3.49. The van der Waals surface area contributed by atoms with Gasteiger partial charge < -0.3 is 0 Å². The van der Waals surface area contributed by atoms with Gasteiger partial charge in [-0.2, -0.15) is 0 Å². The van der Waals surface area contributed by atoms with E-state index in [1.54, 1.807) is 0 Å². The van der Waals surface area contributed by atoms with E-state index in [9.17, 15) is 4.21 Å². The van der Waals surface area contributed by atoms with Gasteiger partial charge in [0, 0.05) is 10.6 Å². The maximum absolute atomic E-state index is 10.1. The van der Waals surface area contributed by atoms with Crippen LogP contribution in [0.25, 0.3) is 0 Å². The molecule has 1 nitrogen and oxygen atoms in total. The molecule has 0 saturated carbocycles. The molecule has 0 aliphatic rings. The van der Waals surface area contributed by atoms with Crippen LogP contribution in [0, 0.1) is 5.41 Å². The van der Waals surface area contributed by atoms with E-state index in [2.05, 4.69) is 20.8 Å². The largest absolute Gasteiger partial charge is 0.458 e. The van der Waals surface area contributed by atoms with Crippen molar-refractivity contribution >= 4 is 11.7 Å². The molecule has 0 saturated heterocycles. The van der Waals surface area contributed by atoms with Gasteiger partial charge in [0.15, 0.2) is 0 Å². The van der Waals surface area contributed by atoms with Crippen LogP contribution in [0.4, 0.5) is 0 Å². The fourth-order valence-electron chi connectivity index (χ4n) is 1.12. The maximum atomic E-state index is 10.1. The van der Waals surface area contributed by atoms with E-state index in [1.165, 1.54) is 12.8 Å². The second-order valence-corrected chi connectivity index (χ2v) is 4.13. The van der Waals surface area contributed by atoms with Crippen LogP contribution in [0.2, 0.25) is 0 Å². The normalized spacial score (nSPS) is 11.5. The lowest BCUT2D eigenvalue weighted by atomic mass is 9.85. The molecule has 0 aliphatic carbocycles. The highest BCUT2D eigenvalue weighted by molar-refractivity contribution is 7.65. The van der Waals surface area contributed by atoms with Crippen LogP contribution in [-0.4, -0.2) is 5.75 Å². The summed E-state index contributed by atoms with van der Waals surface area (Å²) in [6.45, 7) is 6.64. The van der Waals surface area contributed by atoms with E-state index in [1.807, 2.05) is 0 Å². The monoisotopic (exact) mass is 161 g/mol. The number of hydrogen-bond donors (Lipinski definition) is 0. The van der Waals surface area contributed by atoms with Crippen LogP contribution in [-0.2, 0) is 15.9 Å². The Bertz CT molecular complexity index is 99.4. The first-order valence-electron chi connectivity index (χ1n) is 3.87. The van der Waals surface area contributed by atoms with Gasteiger partial charge in [-0.1, -0.05) is 27.2 Å². The minimum Gasteiger partial charge on any atom is -0.0654 e. The van der Waals surface area contributed by atoms with Gasteiger partial charge in [-0.15, -0.1) is 0 Å². The molecule has 0 aromatic heterocycles. The zero-order chi connectivity index (χ0) is 8.04. The maximum Gasteiger partial charge on any atom is 0.458 e. The van der Waals surface area contributed by atoms with Crippen LogP contribution in [0.5, 0.6) is 0 Å². The average molecular weight is 161 g/mol. The molecule has 60 valence electrons. The van der Waals surface area contributed by atoms with Crippen molar-refractivity contribution in [1.82, 2.24) is 0 Å². The van der Waals surface area contributed by atoms with Gasteiger partial charge in [0.1, 0.15) is 0 Å². The minimum absolute atomic E-state index is 0.381. The van der Waals surface area contributed by atoms with Crippen molar-refractivity contribution in [3.63, 3.8) is 0 Å². The minimum atomic E-state index is 0.381. The molecular weight excluding hydrogens is 144 g/mol. The predicted molar refractivity (Wildman–Crippen MR) is 46.2 cm³/mol. The topological polar surface area (TPSA) is 17.1 Å². The molecule has 0 radical (unpaired) electrons. The molecule has 0 spiro atoms. The highest BCUT2D eigenvalue weighted by Crippen LogP contribution is 2.25. The fourth-order valence-corrected chi connectivity index (χ4v) is 1.76. The molecule has 2 heteroatoms. The van der Waals surface area contributed by atoms with E-state index in [-0.39, 0.29) is 0 Å². The molecule has 0 fully saturated rings. The third kappa shape index (κ3) is 4.86. The molecule has 0 heterocycles. The highest BCUT2D eigenvalue weighted by atomic mass is 32.1. The van der Waals surface area contributed by atoms with E-state index >= 15 is 0 Å². The summed E-state index contributed by atoms with van der Waals surface area (Å²) < 4.78 is 10.1. The molecule has 0 N–H and O–H groups in total. The van der Waals surface area contributed by atoms with E-state index in [0.717, 1.165) is 12.2 Å². The predicted octanol–water partition coefficient (Wildman–Crippen LogP) is 2.63. The standard InChI is InChI=1S/C8H17OS/c1-4-5-8(2,3)6-7-10-9/h4-7H2,1-3H3/q+1. The van der Waals surface area contributed by atoms with Gasteiger partial charge in [-0.25, -0.2) is 0 Å². The summed E-state index contributed by atoms with van der Waals surface area (Å²) in [7, 11) is 0. The van der Waals surface area contributed by atoms with Crippen molar-refractivity contribution in [3.8, 4) is 0 Å². The van der Waals surface area contributed by atoms with Crippen LogP contribution in [0.15, 0.2) is 0 Å². The van der Waals surface area contributed by atoms with Crippen LogP contribution in [0.1, 0.15) is 40.0 Å². The molecule has 0 unspecified atom stereocenters. The third-order valence-corrected chi connectivity index (χ3v) is 2.16. The zero-order valence-corrected chi connectivity index (χ0v) is 7.96. The van der Waals surface area contributed by atoms with E-state index in [4.69, 9.17) is 0 Å². The first-order valence-corrected chi connectivity index (χ1v) is 4.78. The van der Waals surface area contributed by atoms with Crippen molar-refractivity contribution in [2.45, 2.75) is 40.0 Å². The summed E-state index contributed by atoms with van der Waals surface area (Å²) in [5.41, 5.74) is 0.381. The summed E-state index contributed by atoms with van der Waals surface area (Å²) in [6.07, 6.45) is 3.50. The van der Waals surface area contributed by atoms with Gasteiger partial charge in [0.2, 0.25) is 5.75 Å². The number of rotatable bonds is 5. The summed E-state index contributed by atoms with van der Waals surface area (Å²) in [5.74, 6) is 0.757. The lowest BCUT2D eigenvalue weighted by molar-refractivity contribution is 0.321.